The zero-order valence-electron chi connectivity index (χ0n) is 13.0. The van der Waals surface area contributed by atoms with E-state index < -0.39 is 0 Å². The first-order valence-electron chi connectivity index (χ1n) is 8.46. The normalized spacial score (nSPS) is 21.8. The van der Waals surface area contributed by atoms with Crippen LogP contribution in [0.2, 0.25) is 0 Å². The fourth-order valence-electron chi connectivity index (χ4n) is 3.32. The van der Waals surface area contributed by atoms with Gasteiger partial charge < -0.3 is 15.5 Å². The summed E-state index contributed by atoms with van der Waals surface area (Å²) in [5.74, 6) is 4.77. The van der Waals surface area contributed by atoms with E-state index in [9.17, 15) is 0 Å². The number of rotatable bonds is 5. The number of hydrogen-bond donors (Lipinski definition) is 3. The Morgan fingerprint density at radius 1 is 1.13 bits per heavy atom. The van der Waals surface area contributed by atoms with Gasteiger partial charge in [-0.05, 0) is 43.8 Å². The van der Waals surface area contributed by atoms with E-state index >= 15 is 0 Å². The Bertz CT molecular complexity index is 698. The number of anilines is 3. The number of aromatic nitrogens is 4. The van der Waals surface area contributed by atoms with E-state index in [1.807, 2.05) is 12.3 Å². The summed E-state index contributed by atoms with van der Waals surface area (Å²) < 4.78 is 0. The fraction of sp³-hybridized carbons (Fsp3) is 0.562. The van der Waals surface area contributed by atoms with Gasteiger partial charge in [0.25, 0.3) is 0 Å². The van der Waals surface area contributed by atoms with Gasteiger partial charge in [-0.15, -0.1) is 0 Å². The van der Waals surface area contributed by atoms with Crippen molar-refractivity contribution in [2.45, 2.75) is 18.8 Å². The van der Waals surface area contributed by atoms with Crippen molar-refractivity contribution in [1.29, 1.82) is 0 Å². The largest absolute Gasteiger partial charge is 0.340 e. The zero-order valence-corrected chi connectivity index (χ0v) is 13.0. The first-order valence-corrected chi connectivity index (χ1v) is 8.46. The highest BCUT2D eigenvalue weighted by atomic mass is 15.3. The number of nitrogens with zero attached hydrogens (tertiary/aromatic N) is 4. The van der Waals surface area contributed by atoms with Gasteiger partial charge >= 0.3 is 0 Å². The Morgan fingerprint density at radius 2 is 2.00 bits per heavy atom. The molecule has 2 aliphatic heterocycles. The Labute approximate surface area is 134 Å². The van der Waals surface area contributed by atoms with E-state index in [1.165, 1.54) is 31.6 Å². The SMILES string of the molecule is c1cc(Nc2cc(C3CC3)[nH]n2)nc(N2CC(C3CNC3)C2)n1. The molecule has 5 rings (SSSR count). The molecule has 7 nitrogen and oxygen atoms in total. The van der Waals surface area contributed by atoms with Gasteiger partial charge in [0.1, 0.15) is 5.82 Å². The fourth-order valence-corrected chi connectivity index (χ4v) is 3.32. The second kappa shape index (κ2) is 5.19. The van der Waals surface area contributed by atoms with Crippen LogP contribution in [-0.2, 0) is 0 Å². The van der Waals surface area contributed by atoms with Crippen molar-refractivity contribution < 1.29 is 0 Å². The van der Waals surface area contributed by atoms with E-state index in [1.54, 1.807) is 0 Å². The van der Waals surface area contributed by atoms with Gasteiger partial charge in [0.2, 0.25) is 5.95 Å². The van der Waals surface area contributed by atoms with Gasteiger partial charge in [0.05, 0.1) is 0 Å². The number of H-pyrrole nitrogens is 1. The van der Waals surface area contributed by atoms with Crippen LogP contribution in [0.15, 0.2) is 18.3 Å². The second-order valence-electron chi connectivity index (χ2n) is 6.93. The minimum absolute atomic E-state index is 0.679. The standard InChI is InChI=1S/C16H21N7/c1-2-10(1)13-5-15(22-21-13)19-14-3-4-18-16(20-14)23-8-12(9-23)11-6-17-7-11/h3-5,10-12,17H,1-2,6-9H2,(H2,18,19,20,21,22). The summed E-state index contributed by atoms with van der Waals surface area (Å²) >= 11 is 0. The van der Waals surface area contributed by atoms with Gasteiger partial charge in [0.15, 0.2) is 5.82 Å². The summed E-state index contributed by atoms with van der Waals surface area (Å²) in [6.45, 7) is 4.49. The summed E-state index contributed by atoms with van der Waals surface area (Å²) in [6.07, 6.45) is 4.36. The molecule has 3 N–H and O–H groups in total. The maximum absolute atomic E-state index is 4.63. The zero-order chi connectivity index (χ0) is 15.2. The van der Waals surface area contributed by atoms with Crippen molar-refractivity contribution >= 4 is 17.6 Å². The van der Waals surface area contributed by atoms with Gasteiger partial charge in [0, 0.05) is 37.0 Å². The minimum Gasteiger partial charge on any atom is -0.340 e. The van der Waals surface area contributed by atoms with Crippen molar-refractivity contribution in [1.82, 2.24) is 25.5 Å². The molecule has 0 atom stereocenters. The third kappa shape index (κ3) is 2.55. The van der Waals surface area contributed by atoms with Crippen LogP contribution in [0.1, 0.15) is 24.5 Å². The molecule has 0 unspecified atom stereocenters. The minimum atomic E-state index is 0.679. The van der Waals surface area contributed by atoms with Crippen molar-refractivity contribution in [2.24, 2.45) is 11.8 Å². The van der Waals surface area contributed by atoms with Crippen LogP contribution in [-0.4, -0.2) is 46.3 Å². The molecule has 4 heterocycles. The highest BCUT2D eigenvalue weighted by Crippen LogP contribution is 2.39. The third-order valence-corrected chi connectivity index (χ3v) is 5.19. The second-order valence-corrected chi connectivity index (χ2v) is 6.93. The third-order valence-electron chi connectivity index (χ3n) is 5.19. The van der Waals surface area contributed by atoms with E-state index in [0.717, 1.165) is 42.5 Å². The molecule has 0 spiro atoms. The maximum atomic E-state index is 4.63. The van der Waals surface area contributed by atoms with Crippen molar-refractivity contribution in [3.63, 3.8) is 0 Å². The highest BCUT2D eigenvalue weighted by Gasteiger charge is 2.37. The molecular formula is C16H21N7. The monoisotopic (exact) mass is 311 g/mol. The van der Waals surface area contributed by atoms with Crippen molar-refractivity contribution in [3.8, 4) is 0 Å². The number of hydrogen-bond acceptors (Lipinski definition) is 6. The molecule has 23 heavy (non-hydrogen) atoms. The Morgan fingerprint density at radius 3 is 2.74 bits per heavy atom. The Balaban J connectivity index is 1.24. The van der Waals surface area contributed by atoms with E-state index in [2.05, 4.69) is 41.8 Å². The van der Waals surface area contributed by atoms with Crippen LogP contribution in [0.5, 0.6) is 0 Å². The Hall–Kier alpha value is -2.15. The van der Waals surface area contributed by atoms with Gasteiger partial charge in [-0.25, -0.2) is 4.98 Å². The molecule has 7 heteroatoms. The molecule has 120 valence electrons. The van der Waals surface area contributed by atoms with Crippen LogP contribution < -0.4 is 15.5 Å². The molecule has 0 amide bonds. The van der Waals surface area contributed by atoms with Crippen LogP contribution in [0, 0.1) is 11.8 Å². The quantitative estimate of drug-likeness (QED) is 0.776. The highest BCUT2D eigenvalue weighted by molar-refractivity contribution is 5.54. The topological polar surface area (TPSA) is 81.8 Å². The summed E-state index contributed by atoms with van der Waals surface area (Å²) in [7, 11) is 0. The number of nitrogens with one attached hydrogen (secondary N) is 3. The van der Waals surface area contributed by atoms with Gasteiger partial charge in [-0.1, -0.05) is 0 Å². The summed E-state index contributed by atoms with van der Waals surface area (Å²) in [6, 6.07) is 3.98. The lowest BCUT2D eigenvalue weighted by Crippen LogP contribution is -2.58. The van der Waals surface area contributed by atoms with E-state index in [0.29, 0.717) is 5.92 Å². The van der Waals surface area contributed by atoms with Crippen molar-refractivity contribution in [3.05, 3.63) is 24.0 Å². The molecule has 1 saturated carbocycles. The predicted molar refractivity (Wildman–Crippen MR) is 87.9 cm³/mol. The molecule has 2 saturated heterocycles. The van der Waals surface area contributed by atoms with E-state index in [-0.39, 0.29) is 0 Å². The molecule has 3 fully saturated rings. The molecule has 1 aliphatic carbocycles. The summed E-state index contributed by atoms with van der Waals surface area (Å²) in [5, 5.41) is 14.0. The van der Waals surface area contributed by atoms with Crippen LogP contribution in [0.4, 0.5) is 17.6 Å². The molecular weight excluding hydrogens is 290 g/mol. The van der Waals surface area contributed by atoms with Gasteiger partial charge in [-0.3, -0.25) is 5.10 Å². The molecule has 0 radical (unpaired) electrons. The lowest BCUT2D eigenvalue weighted by Gasteiger charge is -2.46. The average molecular weight is 311 g/mol. The molecule has 0 aromatic carbocycles. The molecule has 2 aromatic rings. The predicted octanol–water partition coefficient (Wildman–Crippen LogP) is 1.48. The summed E-state index contributed by atoms with van der Waals surface area (Å²) in [5.41, 5.74) is 1.22. The van der Waals surface area contributed by atoms with Crippen LogP contribution in [0.3, 0.4) is 0 Å². The van der Waals surface area contributed by atoms with Crippen LogP contribution >= 0.6 is 0 Å². The van der Waals surface area contributed by atoms with Crippen molar-refractivity contribution in [2.75, 3.05) is 36.4 Å². The first kappa shape index (κ1) is 13.3. The average Bonchev–Trinajstić information content (AvgIpc) is 3.21. The van der Waals surface area contributed by atoms with E-state index in [4.69, 9.17) is 0 Å². The lowest BCUT2D eigenvalue weighted by atomic mass is 9.82. The smallest absolute Gasteiger partial charge is 0.227 e. The molecule has 2 aromatic heterocycles. The molecule has 0 bridgehead atoms. The summed E-state index contributed by atoms with van der Waals surface area (Å²) in [4.78, 5) is 11.3. The molecule has 3 aliphatic rings. The first-order chi connectivity index (χ1) is 11.3. The van der Waals surface area contributed by atoms with Crippen LogP contribution in [0.25, 0.3) is 0 Å². The Kier molecular flexibility index (Phi) is 3.00. The van der Waals surface area contributed by atoms with Gasteiger partial charge in [-0.2, -0.15) is 10.1 Å². The maximum Gasteiger partial charge on any atom is 0.227 e. The lowest BCUT2D eigenvalue weighted by molar-refractivity contribution is 0.196. The number of aromatic amines is 1.